The van der Waals surface area contributed by atoms with E-state index in [9.17, 15) is 4.79 Å². The molecule has 1 amide bonds. The fraction of sp³-hybridized carbons (Fsp3) is 0.300. The van der Waals surface area contributed by atoms with Crippen LogP contribution in [0.4, 0.5) is 0 Å². The summed E-state index contributed by atoms with van der Waals surface area (Å²) in [6, 6.07) is 15.4. The number of carbonyl (C=O) groups excluding carboxylic acids is 1. The molecule has 0 unspecified atom stereocenters. The summed E-state index contributed by atoms with van der Waals surface area (Å²) < 4.78 is 2.23. The number of piperidine rings is 1. The molecule has 0 spiro atoms. The van der Waals surface area contributed by atoms with Crippen LogP contribution in [0.5, 0.6) is 0 Å². The zero-order valence-electron chi connectivity index (χ0n) is 13.9. The van der Waals surface area contributed by atoms with Crippen molar-refractivity contribution in [3.8, 4) is 0 Å². The Morgan fingerprint density at radius 1 is 1.12 bits per heavy atom. The Morgan fingerprint density at radius 3 is 2.72 bits per heavy atom. The summed E-state index contributed by atoms with van der Waals surface area (Å²) in [5, 5.41) is 0.604. The molecule has 0 bridgehead atoms. The van der Waals surface area contributed by atoms with Crippen molar-refractivity contribution in [2.24, 2.45) is 5.92 Å². The number of halogens is 1. The van der Waals surface area contributed by atoms with Crippen LogP contribution in [0.25, 0.3) is 11.0 Å². The standard InChI is InChI=1S/C20H20ClN3O/c21-17-5-3-4-16(12-17)20(25)23-10-8-15(9-11-23)13-24-14-22-18-6-1-2-7-19(18)24/h1-7,12,14-15H,8-11,13H2. The summed E-state index contributed by atoms with van der Waals surface area (Å²) >= 11 is 6.00. The number of benzene rings is 2. The van der Waals surface area contributed by atoms with Gasteiger partial charge in [-0.2, -0.15) is 0 Å². The highest BCUT2D eigenvalue weighted by Crippen LogP contribution is 2.23. The minimum absolute atomic E-state index is 0.0778. The van der Waals surface area contributed by atoms with Gasteiger partial charge in [-0.25, -0.2) is 4.98 Å². The number of rotatable bonds is 3. The van der Waals surface area contributed by atoms with Crippen molar-refractivity contribution in [3.63, 3.8) is 0 Å². The lowest BCUT2D eigenvalue weighted by Crippen LogP contribution is -2.39. The van der Waals surface area contributed by atoms with Gasteiger partial charge < -0.3 is 9.47 Å². The third-order valence-electron chi connectivity index (χ3n) is 4.96. The fourth-order valence-electron chi connectivity index (χ4n) is 3.56. The number of amides is 1. The third-order valence-corrected chi connectivity index (χ3v) is 5.19. The lowest BCUT2D eigenvalue weighted by atomic mass is 9.96. The minimum atomic E-state index is 0.0778. The van der Waals surface area contributed by atoms with E-state index in [1.54, 1.807) is 12.1 Å². The molecule has 4 nitrogen and oxygen atoms in total. The monoisotopic (exact) mass is 353 g/mol. The van der Waals surface area contributed by atoms with Gasteiger partial charge in [0.25, 0.3) is 5.91 Å². The van der Waals surface area contributed by atoms with Gasteiger partial charge in [0, 0.05) is 30.2 Å². The van der Waals surface area contributed by atoms with Gasteiger partial charge in [0.2, 0.25) is 0 Å². The van der Waals surface area contributed by atoms with Gasteiger partial charge in [-0.3, -0.25) is 4.79 Å². The molecule has 1 aliphatic heterocycles. The number of carbonyl (C=O) groups is 1. The molecule has 0 N–H and O–H groups in total. The van der Waals surface area contributed by atoms with E-state index in [0.29, 0.717) is 16.5 Å². The number of nitrogens with zero attached hydrogens (tertiary/aromatic N) is 3. The Labute approximate surface area is 152 Å². The maximum atomic E-state index is 12.6. The van der Waals surface area contributed by atoms with Crippen LogP contribution < -0.4 is 0 Å². The number of para-hydroxylation sites is 2. The SMILES string of the molecule is O=C(c1cccc(Cl)c1)N1CCC(Cn2cnc3ccccc32)CC1. The van der Waals surface area contributed by atoms with Gasteiger partial charge in [0.1, 0.15) is 0 Å². The smallest absolute Gasteiger partial charge is 0.253 e. The second-order valence-corrected chi connectivity index (χ2v) is 7.07. The Kier molecular flexibility index (Phi) is 4.45. The average molecular weight is 354 g/mol. The van der Waals surface area contributed by atoms with E-state index in [4.69, 9.17) is 11.6 Å². The molecular formula is C20H20ClN3O. The number of aromatic nitrogens is 2. The molecule has 0 saturated carbocycles. The molecule has 128 valence electrons. The number of imidazole rings is 1. The lowest BCUT2D eigenvalue weighted by molar-refractivity contribution is 0.0683. The van der Waals surface area contributed by atoms with E-state index in [0.717, 1.165) is 38.0 Å². The lowest BCUT2D eigenvalue weighted by Gasteiger charge is -2.32. The van der Waals surface area contributed by atoms with Crippen molar-refractivity contribution in [3.05, 3.63) is 65.4 Å². The molecule has 0 atom stereocenters. The average Bonchev–Trinajstić information content (AvgIpc) is 3.05. The molecule has 3 aromatic rings. The highest BCUT2D eigenvalue weighted by molar-refractivity contribution is 6.30. The van der Waals surface area contributed by atoms with Crippen molar-refractivity contribution in [2.75, 3.05) is 13.1 Å². The van der Waals surface area contributed by atoms with E-state index < -0.39 is 0 Å². The van der Waals surface area contributed by atoms with Crippen molar-refractivity contribution in [1.82, 2.24) is 14.5 Å². The molecule has 0 radical (unpaired) electrons. The summed E-state index contributed by atoms with van der Waals surface area (Å²) in [7, 11) is 0. The number of fused-ring (bicyclic) bond motifs is 1. The summed E-state index contributed by atoms with van der Waals surface area (Å²) in [4.78, 5) is 19.0. The van der Waals surface area contributed by atoms with Crippen molar-refractivity contribution < 1.29 is 4.79 Å². The molecule has 25 heavy (non-hydrogen) atoms. The van der Waals surface area contributed by atoms with Crippen LogP contribution in [0.1, 0.15) is 23.2 Å². The van der Waals surface area contributed by atoms with Crippen LogP contribution in [-0.4, -0.2) is 33.4 Å². The van der Waals surface area contributed by atoms with Crippen LogP contribution in [0.15, 0.2) is 54.9 Å². The second kappa shape index (κ2) is 6.89. The molecule has 1 aromatic heterocycles. The third kappa shape index (κ3) is 3.40. The van der Waals surface area contributed by atoms with Crippen molar-refractivity contribution in [2.45, 2.75) is 19.4 Å². The first-order valence-corrected chi connectivity index (χ1v) is 9.03. The second-order valence-electron chi connectivity index (χ2n) is 6.63. The zero-order valence-corrected chi connectivity index (χ0v) is 14.7. The first kappa shape index (κ1) is 16.2. The van der Waals surface area contributed by atoms with Crippen molar-refractivity contribution in [1.29, 1.82) is 0 Å². The van der Waals surface area contributed by atoms with Crippen LogP contribution >= 0.6 is 11.6 Å². The quantitative estimate of drug-likeness (QED) is 0.706. The normalized spacial score (nSPS) is 15.6. The summed E-state index contributed by atoms with van der Waals surface area (Å²) in [5.74, 6) is 0.648. The molecule has 4 rings (SSSR count). The highest BCUT2D eigenvalue weighted by Gasteiger charge is 2.24. The van der Waals surface area contributed by atoms with E-state index in [1.807, 2.05) is 41.6 Å². The molecule has 2 heterocycles. The van der Waals surface area contributed by atoms with Gasteiger partial charge >= 0.3 is 0 Å². The number of hydrogen-bond donors (Lipinski definition) is 0. The molecule has 1 fully saturated rings. The first-order chi connectivity index (χ1) is 12.2. The van der Waals surface area contributed by atoms with Gasteiger partial charge in [-0.1, -0.05) is 29.8 Å². The molecule has 2 aromatic carbocycles. The van der Waals surface area contributed by atoms with Gasteiger partial charge in [-0.05, 0) is 49.1 Å². The first-order valence-electron chi connectivity index (χ1n) is 8.65. The topological polar surface area (TPSA) is 38.1 Å². The van der Waals surface area contributed by atoms with E-state index in [1.165, 1.54) is 5.52 Å². The maximum Gasteiger partial charge on any atom is 0.253 e. The van der Waals surface area contributed by atoms with Crippen LogP contribution in [0.2, 0.25) is 5.02 Å². The molecule has 0 aliphatic carbocycles. The van der Waals surface area contributed by atoms with Crippen LogP contribution in [0, 0.1) is 5.92 Å². The minimum Gasteiger partial charge on any atom is -0.339 e. The highest BCUT2D eigenvalue weighted by atomic mass is 35.5. The Balaban J connectivity index is 1.39. The van der Waals surface area contributed by atoms with Crippen LogP contribution in [0.3, 0.4) is 0 Å². The Hall–Kier alpha value is -2.33. The largest absolute Gasteiger partial charge is 0.339 e. The summed E-state index contributed by atoms with van der Waals surface area (Å²) in [5.41, 5.74) is 2.89. The van der Waals surface area contributed by atoms with E-state index >= 15 is 0 Å². The van der Waals surface area contributed by atoms with E-state index in [2.05, 4.69) is 15.6 Å². The molecular weight excluding hydrogens is 334 g/mol. The summed E-state index contributed by atoms with van der Waals surface area (Å²) in [6.07, 6.45) is 3.95. The van der Waals surface area contributed by atoms with Gasteiger partial charge in [0.15, 0.2) is 0 Å². The van der Waals surface area contributed by atoms with Crippen molar-refractivity contribution >= 4 is 28.5 Å². The Bertz CT molecular complexity index is 897. The number of hydrogen-bond acceptors (Lipinski definition) is 2. The molecule has 1 aliphatic rings. The maximum absolute atomic E-state index is 12.6. The number of likely N-dealkylation sites (tertiary alicyclic amines) is 1. The summed E-state index contributed by atoms with van der Waals surface area (Å²) in [6.45, 7) is 2.55. The van der Waals surface area contributed by atoms with Gasteiger partial charge in [-0.15, -0.1) is 0 Å². The Morgan fingerprint density at radius 2 is 1.92 bits per heavy atom. The predicted octanol–water partition coefficient (Wildman–Crippen LogP) is 4.24. The fourth-order valence-corrected chi connectivity index (χ4v) is 3.75. The van der Waals surface area contributed by atoms with Gasteiger partial charge in [0.05, 0.1) is 17.4 Å². The van der Waals surface area contributed by atoms with E-state index in [-0.39, 0.29) is 5.91 Å². The molecule has 1 saturated heterocycles. The predicted molar refractivity (Wildman–Crippen MR) is 99.8 cm³/mol. The van der Waals surface area contributed by atoms with Crippen LogP contribution in [-0.2, 0) is 6.54 Å². The zero-order chi connectivity index (χ0) is 17.2. The molecule has 5 heteroatoms.